The molecule has 6 heteroatoms. The first-order chi connectivity index (χ1) is 9.52. The summed E-state index contributed by atoms with van der Waals surface area (Å²) in [6, 6.07) is 6.67. The lowest BCUT2D eigenvalue weighted by molar-refractivity contribution is -0.385. The van der Waals surface area contributed by atoms with Gasteiger partial charge in [-0.05, 0) is 31.4 Å². The predicted octanol–water partition coefficient (Wildman–Crippen LogP) is 2.28. The number of nitro groups is 1. The summed E-state index contributed by atoms with van der Waals surface area (Å²) in [7, 11) is 0. The van der Waals surface area contributed by atoms with Crippen molar-refractivity contribution < 1.29 is 9.72 Å². The first-order valence-electron chi connectivity index (χ1n) is 6.47. The van der Waals surface area contributed by atoms with E-state index in [0.29, 0.717) is 13.1 Å². The number of piperidine rings is 1. The molecule has 2 rings (SSSR count). The maximum atomic E-state index is 12.5. The molecule has 1 saturated heterocycles. The fraction of sp³-hybridized carbons (Fsp3) is 0.429. The number of likely N-dealkylation sites (tertiary alicyclic amines) is 1. The van der Waals surface area contributed by atoms with E-state index in [0.717, 1.165) is 18.4 Å². The summed E-state index contributed by atoms with van der Waals surface area (Å²) in [4.78, 5) is 24.5. The van der Waals surface area contributed by atoms with Crippen molar-refractivity contribution in [3.8, 4) is 6.07 Å². The Kier molecular flexibility index (Phi) is 3.99. The zero-order chi connectivity index (χ0) is 14.7. The van der Waals surface area contributed by atoms with Crippen molar-refractivity contribution in [2.45, 2.75) is 19.8 Å². The van der Waals surface area contributed by atoms with Gasteiger partial charge >= 0.3 is 0 Å². The van der Waals surface area contributed by atoms with Crippen molar-refractivity contribution in [1.82, 2.24) is 4.90 Å². The Balaban J connectivity index is 2.31. The third-order valence-electron chi connectivity index (χ3n) is 3.47. The Morgan fingerprint density at radius 2 is 2.30 bits per heavy atom. The van der Waals surface area contributed by atoms with Gasteiger partial charge in [-0.1, -0.05) is 6.07 Å². The van der Waals surface area contributed by atoms with Crippen LogP contribution in [0.1, 0.15) is 28.8 Å². The number of nitro benzene ring substituents is 1. The monoisotopic (exact) mass is 273 g/mol. The molecule has 1 aliphatic heterocycles. The lowest BCUT2D eigenvalue weighted by atomic mass is 9.98. The lowest BCUT2D eigenvalue weighted by Gasteiger charge is -2.29. The number of amides is 1. The topological polar surface area (TPSA) is 87.2 Å². The standard InChI is InChI=1S/C14H15N3O3/c1-10-4-5-13(17(19)20)12(7-10)14(18)16-6-2-3-11(8-15)9-16/h4-5,7,11H,2-3,6,9H2,1H3. The summed E-state index contributed by atoms with van der Waals surface area (Å²) in [6.45, 7) is 2.68. The van der Waals surface area contributed by atoms with E-state index >= 15 is 0 Å². The highest BCUT2D eigenvalue weighted by atomic mass is 16.6. The number of carbonyl (C=O) groups is 1. The molecule has 0 aromatic heterocycles. The van der Waals surface area contributed by atoms with Gasteiger partial charge in [-0.15, -0.1) is 0 Å². The van der Waals surface area contributed by atoms with Gasteiger partial charge in [0, 0.05) is 19.2 Å². The Bertz CT molecular complexity index is 592. The fourth-order valence-electron chi connectivity index (χ4n) is 2.42. The van der Waals surface area contributed by atoms with E-state index in [1.807, 2.05) is 0 Å². The summed E-state index contributed by atoms with van der Waals surface area (Å²) in [5.41, 5.74) is 0.723. The van der Waals surface area contributed by atoms with Gasteiger partial charge in [0.05, 0.1) is 16.9 Å². The number of hydrogen-bond acceptors (Lipinski definition) is 4. The Labute approximate surface area is 116 Å². The molecular weight excluding hydrogens is 258 g/mol. The Morgan fingerprint density at radius 1 is 1.55 bits per heavy atom. The normalized spacial score (nSPS) is 18.4. The van der Waals surface area contributed by atoms with Gasteiger partial charge in [0.2, 0.25) is 0 Å². The van der Waals surface area contributed by atoms with Crippen molar-refractivity contribution >= 4 is 11.6 Å². The SMILES string of the molecule is Cc1ccc([N+](=O)[O-])c(C(=O)N2CCCC(C#N)C2)c1. The first kappa shape index (κ1) is 14.0. The van der Waals surface area contributed by atoms with Gasteiger partial charge in [-0.3, -0.25) is 14.9 Å². The molecule has 1 aromatic carbocycles. The van der Waals surface area contributed by atoms with Crippen LogP contribution in [0.25, 0.3) is 0 Å². The summed E-state index contributed by atoms with van der Waals surface area (Å²) in [5.74, 6) is -0.545. The molecule has 1 unspecified atom stereocenters. The first-order valence-corrected chi connectivity index (χ1v) is 6.47. The third-order valence-corrected chi connectivity index (χ3v) is 3.47. The van der Waals surface area contributed by atoms with Crippen molar-refractivity contribution in [2.75, 3.05) is 13.1 Å². The van der Waals surface area contributed by atoms with Crippen LogP contribution in [0.3, 0.4) is 0 Å². The third kappa shape index (κ3) is 2.77. The van der Waals surface area contributed by atoms with Crippen LogP contribution in [0, 0.1) is 34.3 Å². The highest BCUT2D eigenvalue weighted by Crippen LogP contribution is 2.24. The summed E-state index contributed by atoms with van der Waals surface area (Å²) in [6.07, 6.45) is 1.53. The average molecular weight is 273 g/mol. The highest BCUT2D eigenvalue weighted by Gasteiger charge is 2.28. The van der Waals surface area contributed by atoms with Crippen molar-refractivity contribution in [3.05, 3.63) is 39.4 Å². The minimum Gasteiger partial charge on any atom is -0.337 e. The molecule has 20 heavy (non-hydrogen) atoms. The quantitative estimate of drug-likeness (QED) is 0.611. The molecule has 0 N–H and O–H groups in total. The van der Waals surface area contributed by atoms with Crippen LogP contribution in [0.2, 0.25) is 0 Å². The maximum absolute atomic E-state index is 12.5. The van der Waals surface area contributed by atoms with Crippen LogP contribution in [0.5, 0.6) is 0 Å². The van der Waals surface area contributed by atoms with E-state index in [4.69, 9.17) is 5.26 Å². The van der Waals surface area contributed by atoms with Crippen LogP contribution in [0.15, 0.2) is 18.2 Å². The van der Waals surface area contributed by atoms with Crippen molar-refractivity contribution in [2.24, 2.45) is 5.92 Å². The maximum Gasteiger partial charge on any atom is 0.282 e. The van der Waals surface area contributed by atoms with E-state index in [1.165, 1.54) is 12.1 Å². The molecule has 1 amide bonds. The van der Waals surface area contributed by atoms with Gasteiger partial charge in [-0.2, -0.15) is 5.26 Å². The van der Waals surface area contributed by atoms with Crippen LogP contribution in [-0.2, 0) is 0 Å². The molecule has 1 atom stereocenters. The molecule has 0 spiro atoms. The molecule has 1 fully saturated rings. The van der Waals surface area contributed by atoms with Crippen LogP contribution < -0.4 is 0 Å². The summed E-state index contributed by atoms with van der Waals surface area (Å²) >= 11 is 0. The molecule has 1 heterocycles. The van der Waals surface area contributed by atoms with Crippen molar-refractivity contribution in [1.29, 1.82) is 5.26 Å². The van der Waals surface area contributed by atoms with Crippen LogP contribution in [0.4, 0.5) is 5.69 Å². The number of benzene rings is 1. The van der Waals surface area contributed by atoms with Gasteiger partial charge in [0.25, 0.3) is 11.6 Å². The molecule has 1 aliphatic rings. The summed E-state index contributed by atoms with van der Waals surface area (Å²) < 4.78 is 0. The Morgan fingerprint density at radius 3 is 2.95 bits per heavy atom. The number of nitriles is 1. The smallest absolute Gasteiger partial charge is 0.282 e. The van der Waals surface area contributed by atoms with Gasteiger partial charge < -0.3 is 4.90 Å². The number of hydrogen-bond donors (Lipinski definition) is 0. The molecule has 6 nitrogen and oxygen atoms in total. The van der Waals surface area contributed by atoms with E-state index in [1.54, 1.807) is 17.9 Å². The van der Waals surface area contributed by atoms with E-state index in [-0.39, 0.29) is 23.1 Å². The molecule has 104 valence electrons. The van der Waals surface area contributed by atoms with E-state index in [9.17, 15) is 14.9 Å². The fourth-order valence-corrected chi connectivity index (χ4v) is 2.42. The van der Waals surface area contributed by atoms with E-state index in [2.05, 4.69) is 6.07 Å². The van der Waals surface area contributed by atoms with E-state index < -0.39 is 4.92 Å². The van der Waals surface area contributed by atoms with Gasteiger partial charge in [0.15, 0.2) is 0 Å². The zero-order valence-electron chi connectivity index (χ0n) is 11.2. The molecule has 1 aromatic rings. The molecule has 0 radical (unpaired) electrons. The number of nitrogens with zero attached hydrogens (tertiary/aromatic N) is 3. The summed E-state index contributed by atoms with van der Waals surface area (Å²) in [5, 5.41) is 20.0. The lowest BCUT2D eigenvalue weighted by Crippen LogP contribution is -2.39. The number of aryl methyl sites for hydroxylation is 1. The minimum absolute atomic E-state index is 0.105. The second-order valence-corrected chi connectivity index (χ2v) is 5.00. The molecule has 0 saturated carbocycles. The number of carbonyl (C=O) groups excluding carboxylic acids is 1. The van der Waals surface area contributed by atoms with Gasteiger partial charge in [-0.25, -0.2) is 0 Å². The molecule has 0 aliphatic carbocycles. The zero-order valence-corrected chi connectivity index (χ0v) is 11.2. The van der Waals surface area contributed by atoms with Gasteiger partial charge in [0.1, 0.15) is 5.56 Å². The molecular formula is C14H15N3O3. The second-order valence-electron chi connectivity index (χ2n) is 5.00. The number of rotatable bonds is 2. The average Bonchev–Trinajstić information content (AvgIpc) is 2.46. The predicted molar refractivity (Wildman–Crippen MR) is 72.1 cm³/mol. The van der Waals surface area contributed by atoms with Crippen LogP contribution >= 0.6 is 0 Å². The van der Waals surface area contributed by atoms with Crippen LogP contribution in [-0.4, -0.2) is 28.8 Å². The Hall–Kier alpha value is -2.42. The van der Waals surface area contributed by atoms with Crippen molar-refractivity contribution in [3.63, 3.8) is 0 Å². The largest absolute Gasteiger partial charge is 0.337 e. The second kappa shape index (κ2) is 5.70. The minimum atomic E-state index is -0.543. The highest BCUT2D eigenvalue weighted by molar-refractivity contribution is 5.98. The molecule has 0 bridgehead atoms.